The molecule has 1 atom stereocenters. The van der Waals surface area contributed by atoms with Crippen molar-refractivity contribution in [2.24, 2.45) is 0 Å². The average Bonchev–Trinajstić information content (AvgIpc) is 2.61. The van der Waals surface area contributed by atoms with Gasteiger partial charge in [0, 0.05) is 11.6 Å². The highest BCUT2D eigenvalue weighted by molar-refractivity contribution is 5.99. The second kappa shape index (κ2) is 7.32. The molecule has 0 aliphatic heterocycles. The van der Waals surface area contributed by atoms with Crippen molar-refractivity contribution in [2.75, 3.05) is 14.2 Å². The predicted octanol–water partition coefficient (Wildman–Crippen LogP) is 3.23. The number of carbonyl (C=O) groups excluding carboxylic acids is 1. The molecule has 0 unspecified atom stereocenters. The van der Waals surface area contributed by atoms with Crippen LogP contribution in [0.5, 0.6) is 17.2 Å². The number of nitrogens with zero attached hydrogens (tertiary/aromatic N) is 1. The zero-order valence-corrected chi connectivity index (χ0v) is 13.2. The molecule has 0 heterocycles. The van der Waals surface area contributed by atoms with Gasteiger partial charge < -0.3 is 14.2 Å². The van der Waals surface area contributed by atoms with Crippen molar-refractivity contribution in [1.82, 2.24) is 0 Å². The van der Waals surface area contributed by atoms with Crippen LogP contribution in [0.15, 0.2) is 42.5 Å². The van der Waals surface area contributed by atoms with E-state index in [4.69, 9.17) is 19.5 Å². The lowest BCUT2D eigenvalue weighted by atomic mass is 10.1. The van der Waals surface area contributed by atoms with Crippen molar-refractivity contribution in [3.05, 3.63) is 53.6 Å². The standard InChI is InChI=1S/C18H17NO4/c1-12(18(20)14-5-7-15(21-2)8-6-14)23-16-9-4-13(11-19)10-17(16)22-3/h4-10,12H,1-3H3/t12-/m0/s1. The van der Waals surface area contributed by atoms with E-state index in [0.29, 0.717) is 28.4 Å². The van der Waals surface area contributed by atoms with Gasteiger partial charge in [0.1, 0.15) is 5.75 Å². The Kier molecular flexibility index (Phi) is 5.21. The van der Waals surface area contributed by atoms with Gasteiger partial charge >= 0.3 is 0 Å². The van der Waals surface area contributed by atoms with Gasteiger partial charge in [0.2, 0.25) is 5.78 Å². The van der Waals surface area contributed by atoms with E-state index in [-0.39, 0.29) is 5.78 Å². The van der Waals surface area contributed by atoms with Gasteiger partial charge in [-0.2, -0.15) is 5.26 Å². The first-order valence-electron chi connectivity index (χ1n) is 7.02. The Morgan fingerprint density at radius 3 is 2.30 bits per heavy atom. The number of methoxy groups -OCH3 is 2. The molecular weight excluding hydrogens is 294 g/mol. The predicted molar refractivity (Wildman–Crippen MR) is 85.1 cm³/mol. The lowest BCUT2D eigenvalue weighted by Crippen LogP contribution is -2.24. The summed E-state index contributed by atoms with van der Waals surface area (Å²) < 4.78 is 16.0. The molecule has 0 fully saturated rings. The van der Waals surface area contributed by atoms with Gasteiger partial charge in [-0.25, -0.2) is 0 Å². The zero-order valence-electron chi connectivity index (χ0n) is 13.2. The van der Waals surface area contributed by atoms with E-state index in [2.05, 4.69) is 0 Å². The van der Waals surface area contributed by atoms with Gasteiger partial charge in [0.25, 0.3) is 0 Å². The quantitative estimate of drug-likeness (QED) is 0.766. The topological polar surface area (TPSA) is 68.5 Å². The molecule has 0 saturated heterocycles. The highest BCUT2D eigenvalue weighted by Crippen LogP contribution is 2.29. The van der Waals surface area contributed by atoms with Gasteiger partial charge in [-0.1, -0.05) is 0 Å². The number of carbonyl (C=O) groups is 1. The van der Waals surface area contributed by atoms with Crippen LogP contribution >= 0.6 is 0 Å². The minimum atomic E-state index is -0.690. The summed E-state index contributed by atoms with van der Waals surface area (Å²) in [7, 11) is 3.05. The Morgan fingerprint density at radius 1 is 1.04 bits per heavy atom. The zero-order chi connectivity index (χ0) is 16.8. The number of hydrogen-bond donors (Lipinski definition) is 0. The van der Waals surface area contributed by atoms with Crippen LogP contribution in [-0.4, -0.2) is 26.1 Å². The number of ether oxygens (including phenoxy) is 3. The molecule has 0 spiro atoms. The molecule has 5 heteroatoms. The van der Waals surface area contributed by atoms with E-state index >= 15 is 0 Å². The maximum atomic E-state index is 12.4. The first kappa shape index (κ1) is 16.4. The van der Waals surface area contributed by atoms with Crippen LogP contribution in [0.1, 0.15) is 22.8 Å². The Bertz CT molecular complexity index is 732. The van der Waals surface area contributed by atoms with Gasteiger partial charge in [0.05, 0.1) is 25.9 Å². The minimum absolute atomic E-state index is 0.154. The third-order valence-corrected chi connectivity index (χ3v) is 3.34. The summed E-state index contributed by atoms with van der Waals surface area (Å²) in [4.78, 5) is 12.4. The van der Waals surface area contributed by atoms with Crippen LogP contribution in [0.25, 0.3) is 0 Å². The molecule has 118 valence electrons. The first-order chi connectivity index (χ1) is 11.1. The molecule has 23 heavy (non-hydrogen) atoms. The Labute approximate surface area is 135 Å². The van der Waals surface area contributed by atoms with E-state index < -0.39 is 6.10 Å². The molecule has 5 nitrogen and oxygen atoms in total. The van der Waals surface area contributed by atoms with Crippen LogP contribution in [0.4, 0.5) is 0 Å². The molecule has 0 radical (unpaired) electrons. The fourth-order valence-corrected chi connectivity index (χ4v) is 2.07. The number of benzene rings is 2. The molecule has 0 saturated carbocycles. The van der Waals surface area contributed by atoms with Crippen LogP contribution < -0.4 is 14.2 Å². The van der Waals surface area contributed by atoms with Crippen LogP contribution in [0, 0.1) is 11.3 Å². The third-order valence-electron chi connectivity index (χ3n) is 3.34. The fourth-order valence-electron chi connectivity index (χ4n) is 2.07. The summed E-state index contributed by atoms with van der Waals surface area (Å²) in [6.07, 6.45) is -0.690. The van der Waals surface area contributed by atoms with Gasteiger partial charge in [-0.3, -0.25) is 4.79 Å². The summed E-state index contributed by atoms with van der Waals surface area (Å²) in [6.45, 7) is 1.67. The highest BCUT2D eigenvalue weighted by Gasteiger charge is 2.19. The summed E-state index contributed by atoms with van der Waals surface area (Å²) in [5, 5.41) is 8.90. The van der Waals surface area contributed by atoms with Crippen LogP contribution in [0.2, 0.25) is 0 Å². The highest BCUT2D eigenvalue weighted by atomic mass is 16.5. The van der Waals surface area contributed by atoms with Crippen LogP contribution in [-0.2, 0) is 0 Å². The smallest absolute Gasteiger partial charge is 0.203 e. The van der Waals surface area contributed by atoms with Gasteiger partial charge in [-0.05, 0) is 43.3 Å². The molecule has 0 amide bonds. The normalized spacial score (nSPS) is 11.2. The number of ketones is 1. The summed E-state index contributed by atoms with van der Waals surface area (Å²) in [5.41, 5.74) is 0.995. The lowest BCUT2D eigenvalue weighted by molar-refractivity contribution is 0.0814. The molecule has 0 aliphatic rings. The largest absolute Gasteiger partial charge is 0.497 e. The van der Waals surface area contributed by atoms with E-state index in [9.17, 15) is 4.79 Å². The number of nitriles is 1. The molecule has 0 N–H and O–H groups in total. The van der Waals surface area contributed by atoms with Crippen LogP contribution in [0.3, 0.4) is 0 Å². The SMILES string of the molecule is COc1ccc(C(=O)[C@H](C)Oc2ccc(C#N)cc2OC)cc1. The van der Waals surface area contributed by atoms with Crippen molar-refractivity contribution in [3.8, 4) is 23.3 Å². The maximum absolute atomic E-state index is 12.4. The van der Waals surface area contributed by atoms with Crippen molar-refractivity contribution in [2.45, 2.75) is 13.0 Å². The molecule has 0 aliphatic carbocycles. The second-order valence-electron chi connectivity index (χ2n) is 4.83. The van der Waals surface area contributed by atoms with E-state index in [1.165, 1.54) is 7.11 Å². The molecule has 2 aromatic rings. The summed E-state index contributed by atoms with van der Waals surface area (Å²) >= 11 is 0. The summed E-state index contributed by atoms with van der Waals surface area (Å²) in [6, 6.07) is 13.7. The number of rotatable bonds is 6. The number of Topliss-reactive ketones (excluding diaryl/α,β-unsaturated/α-hetero) is 1. The summed E-state index contributed by atoms with van der Waals surface area (Å²) in [5.74, 6) is 1.36. The molecular formula is C18H17NO4. The van der Waals surface area contributed by atoms with Crippen molar-refractivity contribution in [1.29, 1.82) is 5.26 Å². The lowest BCUT2D eigenvalue weighted by Gasteiger charge is -2.16. The van der Waals surface area contributed by atoms with Gasteiger partial charge in [0.15, 0.2) is 17.6 Å². The van der Waals surface area contributed by atoms with Gasteiger partial charge in [-0.15, -0.1) is 0 Å². The Balaban J connectivity index is 2.16. The Hall–Kier alpha value is -3.00. The van der Waals surface area contributed by atoms with Crippen molar-refractivity contribution < 1.29 is 19.0 Å². The van der Waals surface area contributed by atoms with E-state index in [0.717, 1.165) is 0 Å². The molecule has 0 bridgehead atoms. The average molecular weight is 311 g/mol. The van der Waals surface area contributed by atoms with E-state index in [1.807, 2.05) is 6.07 Å². The fraction of sp³-hybridized carbons (Fsp3) is 0.222. The van der Waals surface area contributed by atoms with Crippen molar-refractivity contribution >= 4 is 5.78 Å². The van der Waals surface area contributed by atoms with Crippen molar-refractivity contribution in [3.63, 3.8) is 0 Å². The number of hydrogen-bond acceptors (Lipinski definition) is 5. The van der Waals surface area contributed by atoms with E-state index in [1.54, 1.807) is 56.5 Å². The molecule has 0 aromatic heterocycles. The molecule has 2 rings (SSSR count). The maximum Gasteiger partial charge on any atom is 0.203 e. The molecule has 2 aromatic carbocycles. The third kappa shape index (κ3) is 3.80. The minimum Gasteiger partial charge on any atom is -0.497 e. The Morgan fingerprint density at radius 2 is 1.74 bits per heavy atom. The second-order valence-corrected chi connectivity index (χ2v) is 4.83. The first-order valence-corrected chi connectivity index (χ1v) is 7.02. The monoisotopic (exact) mass is 311 g/mol.